The maximum absolute atomic E-state index is 6.17. The van der Waals surface area contributed by atoms with Crippen LogP contribution in [0.1, 0.15) is 39.7 Å². The van der Waals surface area contributed by atoms with Gasteiger partial charge in [0.2, 0.25) is 0 Å². The van der Waals surface area contributed by atoms with Crippen molar-refractivity contribution in [3.8, 4) is 0 Å². The molecule has 0 amide bonds. The minimum Gasteiger partial charge on any atom is -0.373 e. The van der Waals surface area contributed by atoms with Gasteiger partial charge in [-0.3, -0.25) is 4.90 Å². The van der Waals surface area contributed by atoms with Crippen molar-refractivity contribution in [3.63, 3.8) is 0 Å². The van der Waals surface area contributed by atoms with Crippen molar-refractivity contribution < 1.29 is 4.74 Å². The summed E-state index contributed by atoms with van der Waals surface area (Å²) in [5, 5.41) is 3.51. The number of nitrogens with one attached hydrogen (secondary N) is 1. The van der Waals surface area contributed by atoms with Gasteiger partial charge in [0.25, 0.3) is 0 Å². The molecule has 1 N–H and O–H groups in total. The molecule has 1 aromatic rings. The van der Waals surface area contributed by atoms with Crippen molar-refractivity contribution in [1.82, 2.24) is 10.2 Å². The standard InChI is InChI=1S/C18H30N2O/c1-15(12-19-18(2,3)4)21-17-10-11-20(14-17)13-16-8-6-5-7-9-16/h5-9,15,17,19H,10-14H2,1-4H3. The van der Waals surface area contributed by atoms with E-state index in [1.54, 1.807) is 0 Å². The summed E-state index contributed by atoms with van der Waals surface area (Å²) in [6, 6.07) is 10.7. The van der Waals surface area contributed by atoms with E-state index in [9.17, 15) is 0 Å². The van der Waals surface area contributed by atoms with Crippen LogP contribution in [0.2, 0.25) is 0 Å². The summed E-state index contributed by atoms with van der Waals surface area (Å²) in [7, 11) is 0. The number of rotatable bonds is 6. The van der Waals surface area contributed by atoms with Crippen LogP contribution in [-0.4, -0.2) is 42.3 Å². The van der Waals surface area contributed by atoms with Crippen LogP contribution in [0.15, 0.2) is 30.3 Å². The lowest BCUT2D eigenvalue weighted by atomic mass is 10.1. The van der Waals surface area contributed by atoms with Gasteiger partial charge in [0, 0.05) is 31.7 Å². The van der Waals surface area contributed by atoms with Crippen LogP contribution in [0.25, 0.3) is 0 Å². The van der Waals surface area contributed by atoms with E-state index >= 15 is 0 Å². The van der Waals surface area contributed by atoms with Gasteiger partial charge in [-0.1, -0.05) is 30.3 Å². The van der Waals surface area contributed by atoms with Crippen LogP contribution in [0.3, 0.4) is 0 Å². The molecule has 1 heterocycles. The average Bonchev–Trinajstić information content (AvgIpc) is 2.84. The molecule has 1 aromatic carbocycles. The molecule has 0 spiro atoms. The highest BCUT2D eigenvalue weighted by atomic mass is 16.5. The first-order valence-electron chi connectivity index (χ1n) is 8.09. The second-order valence-corrected chi connectivity index (χ2v) is 7.21. The lowest BCUT2D eigenvalue weighted by Gasteiger charge is -2.25. The third kappa shape index (κ3) is 6.16. The third-order valence-corrected chi connectivity index (χ3v) is 3.82. The maximum Gasteiger partial charge on any atom is 0.0718 e. The van der Waals surface area contributed by atoms with Gasteiger partial charge in [0.05, 0.1) is 12.2 Å². The van der Waals surface area contributed by atoms with E-state index in [4.69, 9.17) is 4.74 Å². The zero-order valence-electron chi connectivity index (χ0n) is 13.9. The van der Waals surface area contributed by atoms with Crippen LogP contribution in [0.5, 0.6) is 0 Å². The van der Waals surface area contributed by atoms with E-state index in [1.807, 2.05) is 0 Å². The molecule has 1 fully saturated rings. The highest BCUT2D eigenvalue weighted by Gasteiger charge is 2.24. The topological polar surface area (TPSA) is 24.5 Å². The van der Waals surface area contributed by atoms with E-state index in [1.165, 1.54) is 5.56 Å². The van der Waals surface area contributed by atoms with Crippen molar-refractivity contribution in [2.45, 2.75) is 58.4 Å². The summed E-state index contributed by atoms with van der Waals surface area (Å²) in [4.78, 5) is 2.49. The highest BCUT2D eigenvalue weighted by Crippen LogP contribution is 2.17. The number of likely N-dealkylation sites (tertiary alicyclic amines) is 1. The van der Waals surface area contributed by atoms with Crippen molar-refractivity contribution in [3.05, 3.63) is 35.9 Å². The van der Waals surface area contributed by atoms with Crippen molar-refractivity contribution in [2.75, 3.05) is 19.6 Å². The molecule has 1 aliphatic rings. The average molecular weight is 290 g/mol. The molecule has 0 radical (unpaired) electrons. The van der Waals surface area contributed by atoms with Crippen LogP contribution < -0.4 is 5.32 Å². The molecule has 1 aliphatic heterocycles. The normalized spacial score (nSPS) is 21.6. The van der Waals surface area contributed by atoms with E-state index in [0.717, 1.165) is 32.6 Å². The Hall–Kier alpha value is -0.900. The lowest BCUT2D eigenvalue weighted by Crippen LogP contribution is -2.41. The smallest absolute Gasteiger partial charge is 0.0718 e. The van der Waals surface area contributed by atoms with Crippen LogP contribution in [0.4, 0.5) is 0 Å². The summed E-state index contributed by atoms with van der Waals surface area (Å²) in [6.07, 6.45) is 1.79. The van der Waals surface area contributed by atoms with Crippen LogP contribution >= 0.6 is 0 Å². The third-order valence-electron chi connectivity index (χ3n) is 3.82. The number of ether oxygens (including phenoxy) is 1. The van der Waals surface area contributed by atoms with Gasteiger partial charge in [-0.05, 0) is 39.7 Å². The van der Waals surface area contributed by atoms with Crippen LogP contribution in [0, 0.1) is 0 Å². The molecule has 0 aromatic heterocycles. The molecule has 118 valence electrons. The summed E-state index contributed by atoms with van der Waals surface area (Å²) in [6.45, 7) is 12.9. The van der Waals surface area contributed by atoms with Gasteiger partial charge in [-0.2, -0.15) is 0 Å². The second-order valence-electron chi connectivity index (χ2n) is 7.21. The summed E-state index contributed by atoms with van der Waals surface area (Å²) in [5.41, 5.74) is 1.55. The number of hydrogen-bond acceptors (Lipinski definition) is 3. The Morgan fingerprint density at radius 3 is 2.67 bits per heavy atom. The van der Waals surface area contributed by atoms with Crippen molar-refractivity contribution in [2.24, 2.45) is 0 Å². The fourth-order valence-electron chi connectivity index (χ4n) is 2.72. The van der Waals surface area contributed by atoms with E-state index in [2.05, 4.69) is 68.2 Å². The largest absolute Gasteiger partial charge is 0.373 e. The van der Waals surface area contributed by atoms with Crippen molar-refractivity contribution >= 4 is 0 Å². The predicted molar refractivity (Wildman–Crippen MR) is 88.4 cm³/mol. The zero-order valence-corrected chi connectivity index (χ0v) is 13.9. The molecule has 2 unspecified atom stereocenters. The number of nitrogens with zero attached hydrogens (tertiary/aromatic N) is 1. The van der Waals surface area contributed by atoms with E-state index in [0.29, 0.717) is 6.10 Å². The van der Waals surface area contributed by atoms with Gasteiger partial charge in [0.15, 0.2) is 0 Å². The summed E-state index contributed by atoms with van der Waals surface area (Å²) in [5.74, 6) is 0. The molecular weight excluding hydrogens is 260 g/mol. The quantitative estimate of drug-likeness (QED) is 0.871. The highest BCUT2D eigenvalue weighted by molar-refractivity contribution is 5.14. The molecule has 0 saturated carbocycles. The Bertz CT molecular complexity index is 413. The zero-order chi connectivity index (χ0) is 15.3. The first kappa shape index (κ1) is 16.5. The predicted octanol–water partition coefficient (Wildman–Crippen LogP) is 3.05. The van der Waals surface area contributed by atoms with E-state index in [-0.39, 0.29) is 11.6 Å². The van der Waals surface area contributed by atoms with E-state index < -0.39 is 0 Å². The first-order valence-corrected chi connectivity index (χ1v) is 8.09. The molecule has 3 heteroatoms. The fraction of sp³-hybridized carbons (Fsp3) is 0.667. The number of benzene rings is 1. The molecule has 0 bridgehead atoms. The second kappa shape index (κ2) is 7.39. The molecule has 2 rings (SSSR count). The van der Waals surface area contributed by atoms with Gasteiger partial charge in [-0.25, -0.2) is 0 Å². The molecule has 2 atom stereocenters. The minimum atomic E-state index is 0.159. The Balaban J connectivity index is 1.70. The minimum absolute atomic E-state index is 0.159. The fourth-order valence-corrected chi connectivity index (χ4v) is 2.72. The molecule has 3 nitrogen and oxygen atoms in total. The molecule has 1 saturated heterocycles. The Morgan fingerprint density at radius 1 is 1.29 bits per heavy atom. The molecular formula is C18H30N2O. The lowest BCUT2D eigenvalue weighted by molar-refractivity contribution is 0.00166. The Morgan fingerprint density at radius 2 is 2.00 bits per heavy atom. The van der Waals surface area contributed by atoms with Gasteiger partial charge in [-0.15, -0.1) is 0 Å². The summed E-state index contributed by atoms with van der Waals surface area (Å²) >= 11 is 0. The molecule has 21 heavy (non-hydrogen) atoms. The Kier molecular flexibility index (Phi) is 5.80. The Labute approximate surface area is 129 Å². The van der Waals surface area contributed by atoms with Crippen molar-refractivity contribution in [1.29, 1.82) is 0 Å². The summed E-state index contributed by atoms with van der Waals surface area (Å²) < 4.78 is 6.17. The maximum atomic E-state index is 6.17. The first-order chi connectivity index (χ1) is 9.92. The van der Waals surface area contributed by atoms with Gasteiger partial charge >= 0.3 is 0 Å². The van der Waals surface area contributed by atoms with Gasteiger partial charge in [0.1, 0.15) is 0 Å². The van der Waals surface area contributed by atoms with Gasteiger partial charge < -0.3 is 10.1 Å². The molecule has 0 aliphatic carbocycles. The monoisotopic (exact) mass is 290 g/mol. The SMILES string of the molecule is CC(CNC(C)(C)C)OC1CCN(Cc2ccccc2)C1. The van der Waals surface area contributed by atoms with Crippen LogP contribution in [-0.2, 0) is 11.3 Å². The number of hydrogen-bond donors (Lipinski definition) is 1.